The monoisotopic (exact) mass is 351 g/mol. The molecule has 0 aliphatic carbocycles. The molecule has 3 N–H and O–H groups in total. The third kappa shape index (κ3) is 6.57. The standard InChI is InChI=1S/C18H30ClN5/c1-2-3-8-21-18(20)22-9-5-10-23-11-13-24(14-12-23)17-7-4-6-16(19)15-17/h4,6-7,15H,2-3,5,8-14H2,1H3,(H3,20,21,22). The molecule has 1 aliphatic heterocycles. The van der Waals surface area contributed by atoms with E-state index in [1.165, 1.54) is 12.1 Å². The number of benzene rings is 1. The van der Waals surface area contributed by atoms with Crippen LogP contribution in [0.25, 0.3) is 0 Å². The number of guanidine groups is 1. The lowest BCUT2D eigenvalue weighted by molar-refractivity contribution is 0.256. The molecule has 1 aromatic carbocycles. The van der Waals surface area contributed by atoms with Crippen LogP contribution in [-0.4, -0.2) is 56.7 Å². The van der Waals surface area contributed by atoms with Gasteiger partial charge < -0.3 is 16.0 Å². The van der Waals surface area contributed by atoms with E-state index in [0.717, 1.165) is 63.7 Å². The Labute approximate surface area is 150 Å². The van der Waals surface area contributed by atoms with Crippen molar-refractivity contribution in [2.45, 2.75) is 26.2 Å². The van der Waals surface area contributed by atoms with E-state index in [9.17, 15) is 0 Å². The van der Waals surface area contributed by atoms with Gasteiger partial charge in [0, 0.05) is 56.5 Å². The number of nitrogens with zero attached hydrogens (tertiary/aromatic N) is 3. The number of rotatable bonds is 8. The van der Waals surface area contributed by atoms with Gasteiger partial charge in [-0.15, -0.1) is 0 Å². The van der Waals surface area contributed by atoms with Gasteiger partial charge in [0.25, 0.3) is 0 Å². The second-order valence-corrected chi connectivity index (χ2v) is 6.65. The van der Waals surface area contributed by atoms with E-state index in [2.05, 4.69) is 33.1 Å². The van der Waals surface area contributed by atoms with Gasteiger partial charge in [-0.05, 0) is 31.0 Å². The number of nitrogens with two attached hydrogens (primary N) is 1. The van der Waals surface area contributed by atoms with Crippen LogP contribution < -0.4 is 16.0 Å². The van der Waals surface area contributed by atoms with Gasteiger partial charge in [-0.3, -0.25) is 9.89 Å². The Morgan fingerprint density at radius 3 is 2.75 bits per heavy atom. The fraction of sp³-hybridized carbons (Fsp3) is 0.611. The van der Waals surface area contributed by atoms with Gasteiger partial charge in [0.1, 0.15) is 0 Å². The number of piperazine rings is 1. The second kappa shape index (κ2) is 10.4. The first kappa shape index (κ1) is 18.9. The van der Waals surface area contributed by atoms with Crippen molar-refractivity contribution in [2.75, 3.05) is 50.7 Å². The van der Waals surface area contributed by atoms with Crippen LogP contribution >= 0.6 is 11.6 Å². The quantitative estimate of drug-likeness (QED) is 0.429. The fourth-order valence-electron chi connectivity index (χ4n) is 2.85. The summed E-state index contributed by atoms with van der Waals surface area (Å²) in [5.41, 5.74) is 7.06. The number of nitrogens with one attached hydrogen (secondary N) is 1. The highest BCUT2D eigenvalue weighted by atomic mass is 35.5. The van der Waals surface area contributed by atoms with Gasteiger partial charge in [0.05, 0.1) is 0 Å². The molecule has 1 aromatic rings. The first-order chi connectivity index (χ1) is 11.7. The Hall–Kier alpha value is -1.46. The molecule has 0 spiro atoms. The number of anilines is 1. The first-order valence-corrected chi connectivity index (χ1v) is 9.33. The molecule has 6 heteroatoms. The van der Waals surface area contributed by atoms with Crippen LogP contribution in [0.3, 0.4) is 0 Å². The van der Waals surface area contributed by atoms with Crippen molar-refractivity contribution >= 4 is 23.2 Å². The molecule has 0 saturated carbocycles. The second-order valence-electron chi connectivity index (χ2n) is 6.21. The summed E-state index contributed by atoms with van der Waals surface area (Å²) in [6.07, 6.45) is 3.35. The molecule has 24 heavy (non-hydrogen) atoms. The maximum absolute atomic E-state index is 6.08. The Kier molecular flexibility index (Phi) is 8.19. The first-order valence-electron chi connectivity index (χ1n) is 8.95. The Morgan fingerprint density at radius 2 is 2.04 bits per heavy atom. The van der Waals surface area contributed by atoms with Gasteiger partial charge >= 0.3 is 0 Å². The highest BCUT2D eigenvalue weighted by Crippen LogP contribution is 2.20. The highest BCUT2D eigenvalue weighted by molar-refractivity contribution is 6.30. The summed E-state index contributed by atoms with van der Waals surface area (Å²) in [5.74, 6) is 0.578. The smallest absolute Gasteiger partial charge is 0.188 e. The van der Waals surface area contributed by atoms with Crippen molar-refractivity contribution < 1.29 is 0 Å². The van der Waals surface area contributed by atoms with Crippen molar-refractivity contribution in [3.05, 3.63) is 29.3 Å². The largest absolute Gasteiger partial charge is 0.370 e. The minimum Gasteiger partial charge on any atom is -0.370 e. The summed E-state index contributed by atoms with van der Waals surface area (Å²) in [4.78, 5) is 9.28. The molecule has 0 unspecified atom stereocenters. The number of hydrogen-bond acceptors (Lipinski definition) is 3. The van der Waals surface area contributed by atoms with Gasteiger partial charge in [0.15, 0.2) is 5.96 Å². The van der Waals surface area contributed by atoms with E-state index < -0.39 is 0 Å². The van der Waals surface area contributed by atoms with E-state index in [-0.39, 0.29) is 0 Å². The van der Waals surface area contributed by atoms with Crippen molar-refractivity contribution in [3.8, 4) is 0 Å². The highest BCUT2D eigenvalue weighted by Gasteiger charge is 2.16. The molecule has 0 radical (unpaired) electrons. The Bertz CT molecular complexity index is 512. The van der Waals surface area contributed by atoms with Crippen LogP contribution in [0.4, 0.5) is 5.69 Å². The predicted octanol–water partition coefficient (Wildman–Crippen LogP) is 2.56. The van der Waals surface area contributed by atoms with Gasteiger partial charge in [0.2, 0.25) is 0 Å². The minimum absolute atomic E-state index is 0.578. The molecule has 134 valence electrons. The Morgan fingerprint density at radius 1 is 1.25 bits per heavy atom. The predicted molar refractivity (Wildman–Crippen MR) is 104 cm³/mol. The zero-order chi connectivity index (χ0) is 17.2. The molecule has 1 heterocycles. The van der Waals surface area contributed by atoms with Gasteiger partial charge in [-0.25, -0.2) is 0 Å². The summed E-state index contributed by atoms with van der Waals surface area (Å²) < 4.78 is 0. The average Bonchev–Trinajstić information content (AvgIpc) is 2.59. The lowest BCUT2D eigenvalue weighted by Crippen LogP contribution is -2.46. The van der Waals surface area contributed by atoms with Crippen molar-refractivity contribution in [2.24, 2.45) is 10.7 Å². The lowest BCUT2D eigenvalue weighted by atomic mass is 10.2. The molecule has 2 rings (SSSR count). The van der Waals surface area contributed by atoms with Crippen LogP contribution in [0.2, 0.25) is 5.02 Å². The normalized spacial score (nSPS) is 16.4. The van der Waals surface area contributed by atoms with E-state index in [1.807, 2.05) is 18.2 Å². The fourth-order valence-corrected chi connectivity index (χ4v) is 3.03. The third-order valence-corrected chi connectivity index (χ3v) is 4.53. The SMILES string of the molecule is CCCCNC(N)=NCCCN1CCN(c2cccc(Cl)c2)CC1. The minimum atomic E-state index is 0.578. The summed E-state index contributed by atoms with van der Waals surface area (Å²) >= 11 is 6.08. The summed E-state index contributed by atoms with van der Waals surface area (Å²) in [7, 11) is 0. The van der Waals surface area contributed by atoms with E-state index >= 15 is 0 Å². The molecular formula is C18H30ClN5. The summed E-state index contributed by atoms with van der Waals surface area (Å²) in [5, 5.41) is 3.95. The number of hydrogen-bond donors (Lipinski definition) is 2. The molecule has 0 atom stereocenters. The van der Waals surface area contributed by atoms with Crippen molar-refractivity contribution in [3.63, 3.8) is 0 Å². The van der Waals surface area contributed by atoms with E-state index in [0.29, 0.717) is 5.96 Å². The molecule has 1 saturated heterocycles. The maximum Gasteiger partial charge on any atom is 0.188 e. The number of halogens is 1. The molecule has 0 bridgehead atoms. The number of aliphatic imine (C=N–C) groups is 1. The molecule has 1 fully saturated rings. The molecule has 0 aromatic heterocycles. The third-order valence-electron chi connectivity index (χ3n) is 4.30. The topological polar surface area (TPSA) is 56.9 Å². The zero-order valence-electron chi connectivity index (χ0n) is 14.7. The van der Waals surface area contributed by atoms with E-state index in [1.54, 1.807) is 0 Å². The van der Waals surface area contributed by atoms with Crippen LogP contribution in [0.1, 0.15) is 26.2 Å². The number of unbranched alkanes of at least 4 members (excludes halogenated alkanes) is 1. The molecular weight excluding hydrogens is 322 g/mol. The van der Waals surface area contributed by atoms with Crippen LogP contribution in [0, 0.1) is 0 Å². The summed E-state index contributed by atoms with van der Waals surface area (Å²) in [6, 6.07) is 8.11. The zero-order valence-corrected chi connectivity index (χ0v) is 15.4. The average molecular weight is 352 g/mol. The van der Waals surface area contributed by atoms with Gasteiger partial charge in [-0.2, -0.15) is 0 Å². The van der Waals surface area contributed by atoms with Gasteiger partial charge in [-0.1, -0.05) is 31.0 Å². The van der Waals surface area contributed by atoms with Crippen LogP contribution in [-0.2, 0) is 0 Å². The molecule has 5 nitrogen and oxygen atoms in total. The lowest BCUT2D eigenvalue weighted by Gasteiger charge is -2.36. The summed E-state index contributed by atoms with van der Waals surface area (Å²) in [6.45, 7) is 9.21. The molecule has 1 aliphatic rings. The van der Waals surface area contributed by atoms with Crippen molar-refractivity contribution in [1.82, 2.24) is 10.2 Å². The molecule has 0 amide bonds. The Balaban J connectivity index is 1.62. The van der Waals surface area contributed by atoms with Crippen molar-refractivity contribution in [1.29, 1.82) is 0 Å². The maximum atomic E-state index is 6.08. The van der Waals surface area contributed by atoms with E-state index in [4.69, 9.17) is 17.3 Å². The van der Waals surface area contributed by atoms with Crippen LogP contribution in [0.5, 0.6) is 0 Å². The van der Waals surface area contributed by atoms with Crippen LogP contribution in [0.15, 0.2) is 29.3 Å².